The number of rotatable bonds is 6. The summed E-state index contributed by atoms with van der Waals surface area (Å²) in [5.74, 6) is -1.11. The molecule has 0 aliphatic rings. The first-order chi connectivity index (χ1) is 12.7. The third kappa shape index (κ3) is 6.60. The van der Waals surface area contributed by atoms with Crippen molar-refractivity contribution in [3.8, 4) is 11.5 Å². The second-order valence-corrected chi connectivity index (χ2v) is 7.67. The van der Waals surface area contributed by atoms with Gasteiger partial charge < -0.3 is 9.47 Å². The molecule has 0 N–H and O–H groups in total. The molecule has 0 saturated heterocycles. The molecule has 0 spiro atoms. The van der Waals surface area contributed by atoms with Crippen LogP contribution in [-0.4, -0.2) is 11.9 Å². The van der Waals surface area contributed by atoms with Crippen molar-refractivity contribution < 1.29 is 19.1 Å². The fourth-order valence-corrected chi connectivity index (χ4v) is 3.39. The minimum Gasteiger partial charge on any atom is -0.425 e. The minimum atomic E-state index is -0.610. The molecule has 10 heteroatoms. The van der Waals surface area contributed by atoms with E-state index in [1.165, 1.54) is 24.3 Å². The highest BCUT2D eigenvalue weighted by Crippen LogP contribution is 2.36. The molecule has 0 bridgehead atoms. The van der Waals surface area contributed by atoms with E-state index in [4.69, 9.17) is 79.1 Å². The Morgan fingerprint density at radius 2 is 1.19 bits per heavy atom. The minimum absolute atomic E-state index is 0.0119. The lowest BCUT2D eigenvalue weighted by Crippen LogP contribution is -2.12. The molecule has 0 fully saturated rings. The quantitative estimate of drug-likeness (QED) is 0.242. The van der Waals surface area contributed by atoms with E-state index in [1.54, 1.807) is 0 Å². The SMILES string of the molecule is O=C(CCCC(=O)Oc1c(Cl)cc(Cl)cc1Cl)Oc1cc(Cl)c(Cl)cc1Cl. The van der Waals surface area contributed by atoms with Crippen LogP contribution in [0.4, 0.5) is 0 Å². The van der Waals surface area contributed by atoms with Gasteiger partial charge in [0.25, 0.3) is 0 Å². The Morgan fingerprint density at radius 3 is 1.78 bits per heavy atom. The van der Waals surface area contributed by atoms with Gasteiger partial charge in [-0.2, -0.15) is 0 Å². The highest BCUT2D eigenvalue weighted by molar-refractivity contribution is 6.43. The number of halogens is 6. The number of carbonyl (C=O) groups is 2. The molecule has 0 atom stereocenters. The largest absolute Gasteiger partial charge is 0.425 e. The summed E-state index contributed by atoms with van der Waals surface area (Å²) in [6.07, 6.45) is 0.0761. The zero-order valence-electron chi connectivity index (χ0n) is 13.3. The van der Waals surface area contributed by atoms with Crippen LogP contribution in [0.15, 0.2) is 24.3 Å². The van der Waals surface area contributed by atoms with Gasteiger partial charge in [-0.3, -0.25) is 9.59 Å². The number of benzene rings is 2. The van der Waals surface area contributed by atoms with Crippen molar-refractivity contribution in [3.05, 3.63) is 54.4 Å². The van der Waals surface area contributed by atoms with E-state index in [0.29, 0.717) is 5.02 Å². The molecular formula is C17H10Cl6O4. The molecule has 0 aromatic heterocycles. The average molecular weight is 491 g/mol. The van der Waals surface area contributed by atoms with E-state index in [-0.39, 0.29) is 55.9 Å². The summed E-state index contributed by atoms with van der Waals surface area (Å²) in [5, 5.41) is 1.11. The van der Waals surface area contributed by atoms with Gasteiger partial charge in [0.15, 0.2) is 11.5 Å². The molecule has 4 nitrogen and oxygen atoms in total. The first-order valence-corrected chi connectivity index (χ1v) is 9.64. The molecule has 2 rings (SSSR count). The first kappa shape index (κ1) is 22.4. The van der Waals surface area contributed by atoms with Crippen molar-refractivity contribution in [3.63, 3.8) is 0 Å². The van der Waals surface area contributed by atoms with E-state index in [9.17, 15) is 9.59 Å². The zero-order chi connectivity index (χ0) is 20.1. The van der Waals surface area contributed by atoms with Crippen LogP contribution in [0.25, 0.3) is 0 Å². The molecule has 0 saturated carbocycles. The fraction of sp³-hybridized carbons (Fsp3) is 0.176. The van der Waals surface area contributed by atoms with Crippen molar-refractivity contribution >= 4 is 81.5 Å². The Kier molecular flexibility index (Phi) is 8.35. The molecule has 0 radical (unpaired) electrons. The number of esters is 2. The lowest BCUT2D eigenvalue weighted by Gasteiger charge is -2.09. The second kappa shape index (κ2) is 10.1. The Labute approximate surface area is 185 Å². The van der Waals surface area contributed by atoms with Gasteiger partial charge in [0.05, 0.1) is 25.1 Å². The van der Waals surface area contributed by atoms with Gasteiger partial charge in [-0.15, -0.1) is 0 Å². The molecule has 27 heavy (non-hydrogen) atoms. The van der Waals surface area contributed by atoms with Gasteiger partial charge in [0.1, 0.15) is 0 Å². The van der Waals surface area contributed by atoms with Crippen LogP contribution in [0.1, 0.15) is 19.3 Å². The molecule has 2 aromatic rings. The number of hydrogen-bond donors (Lipinski definition) is 0. The Bertz CT molecular complexity index is 861. The van der Waals surface area contributed by atoms with E-state index in [2.05, 4.69) is 0 Å². The van der Waals surface area contributed by atoms with Gasteiger partial charge in [-0.1, -0.05) is 69.6 Å². The van der Waals surface area contributed by atoms with Crippen molar-refractivity contribution in [1.29, 1.82) is 0 Å². The maximum atomic E-state index is 11.9. The van der Waals surface area contributed by atoms with Crippen LogP contribution >= 0.6 is 69.6 Å². The Hall–Kier alpha value is -0.880. The smallest absolute Gasteiger partial charge is 0.311 e. The van der Waals surface area contributed by atoms with Crippen molar-refractivity contribution in [2.45, 2.75) is 19.3 Å². The van der Waals surface area contributed by atoms with Crippen LogP contribution in [0, 0.1) is 0 Å². The summed E-state index contributed by atoms with van der Waals surface area (Å²) in [6, 6.07) is 5.50. The van der Waals surface area contributed by atoms with Gasteiger partial charge in [0, 0.05) is 23.9 Å². The predicted octanol–water partition coefficient (Wildman–Crippen LogP) is 7.29. The number of hydrogen-bond acceptors (Lipinski definition) is 4. The summed E-state index contributed by atoms with van der Waals surface area (Å²) >= 11 is 35.3. The topological polar surface area (TPSA) is 52.6 Å². The summed E-state index contributed by atoms with van der Waals surface area (Å²) < 4.78 is 10.2. The van der Waals surface area contributed by atoms with Crippen LogP contribution in [0.3, 0.4) is 0 Å². The summed E-state index contributed by atoms with van der Waals surface area (Å²) in [5.41, 5.74) is 0. The summed E-state index contributed by atoms with van der Waals surface area (Å²) in [7, 11) is 0. The maximum absolute atomic E-state index is 11.9. The van der Waals surface area contributed by atoms with Gasteiger partial charge in [-0.05, 0) is 24.6 Å². The van der Waals surface area contributed by atoms with Crippen molar-refractivity contribution in [2.75, 3.05) is 0 Å². The molecule has 0 aliphatic carbocycles. The van der Waals surface area contributed by atoms with Gasteiger partial charge in [-0.25, -0.2) is 0 Å². The van der Waals surface area contributed by atoms with Crippen LogP contribution in [-0.2, 0) is 9.59 Å². The monoisotopic (exact) mass is 488 g/mol. The normalized spacial score (nSPS) is 10.6. The predicted molar refractivity (Wildman–Crippen MR) is 108 cm³/mol. The third-order valence-corrected chi connectivity index (χ3v) is 4.94. The molecule has 0 heterocycles. The summed E-state index contributed by atoms with van der Waals surface area (Å²) in [6.45, 7) is 0. The number of carbonyl (C=O) groups excluding carboxylic acids is 2. The second-order valence-electron chi connectivity index (χ2n) is 5.20. The van der Waals surface area contributed by atoms with Crippen LogP contribution in [0.2, 0.25) is 30.1 Å². The van der Waals surface area contributed by atoms with Crippen molar-refractivity contribution in [1.82, 2.24) is 0 Å². The number of ether oxygens (including phenoxy) is 2. The standard InChI is InChI=1S/C17H10Cl6O4/c18-8-4-12(22)17(13(23)5-8)27-16(25)3-1-2-15(24)26-14-7-10(20)9(19)6-11(14)21/h4-7H,1-3H2. The van der Waals surface area contributed by atoms with Gasteiger partial charge in [0.2, 0.25) is 0 Å². The van der Waals surface area contributed by atoms with E-state index >= 15 is 0 Å². The molecule has 0 amide bonds. The van der Waals surface area contributed by atoms with Crippen molar-refractivity contribution in [2.24, 2.45) is 0 Å². The lowest BCUT2D eigenvalue weighted by atomic mass is 10.2. The molecule has 144 valence electrons. The summed E-state index contributed by atoms with van der Waals surface area (Å²) in [4.78, 5) is 23.8. The lowest BCUT2D eigenvalue weighted by molar-refractivity contribution is -0.136. The van der Waals surface area contributed by atoms with Crippen LogP contribution in [0.5, 0.6) is 11.5 Å². The first-order valence-electron chi connectivity index (χ1n) is 7.38. The third-order valence-electron chi connectivity index (χ3n) is 3.14. The fourth-order valence-electron chi connectivity index (χ4n) is 1.92. The zero-order valence-corrected chi connectivity index (χ0v) is 17.9. The average Bonchev–Trinajstić information content (AvgIpc) is 2.56. The van der Waals surface area contributed by atoms with Gasteiger partial charge >= 0.3 is 11.9 Å². The molecule has 2 aromatic carbocycles. The Balaban J connectivity index is 1.85. The molecular weight excluding hydrogens is 481 g/mol. The van der Waals surface area contributed by atoms with Crippen LogP contribution < -0.4 is 9.47 Å². The molecule has 0 unspecified atom stereocenters. The highest BCUT2D eigenvalue weighted by Gasteiger charge is 2.16. The van der Waals surface area contributed by atoms with E-state index in [0.717, 1.165) is 0 Å². The highest BCUT2D eigenvalue weighted by atomic mass is 35.5. The van der Waals surface area contributed by atoms with E-state index < -0.39 is 11.9 Å². The maximum Gasteiger partial charge on any atom is 0.311 e. The van der Waals surface area contributed by atoms with E-state index in [1.807, 2.05) is 0 Å². The Morgan fingerprint density at radius 1 is 0.667 bits per heavy atom. The molecule has 0 aliphatic heterocycles.